The highest BCUT2D eigenvalue weighted by atomic mass is 16.5. The number of phenols is 2. The van der Waals surface area contributed by atoms with Crippen molar-refractivity contribution >= 4 is 0 Å². The largest absolute Gasteiger partial charge is 0.508 e. The monoisotopic (exact) mass is 616 g/mol. The molecule has 0 saturated heterocycles. The normalized spacial score (nSPS) is 11.8. The molecule has 0 fully saturated rings. The molecule has 0 aliphatic heterocycles. The second-order valence-corrected chi connectivity index (χ2v) is 12.7. The van der Waals surface area contributed by atoms with E-state index in [1.165, 1.54) is 11.1 Å². The lowest BCUT2D eigenvalue weighted by atomic mass is 9.77. The van der Waals surface area contributed by atoms with Gasteiger partial charge < -0.3 is 19.7 Å². The number of benzene rings is 4. The van der Waals surface area contributed by atoms with Crippen molar-refractivity contribution in [3.05, 3.63) is 156 Å². The molecular weight excluding hydrogens is 568 g/mol. The van der Waals surface area contributed by atoms with Gasteiger partial charge in [0.1, 0.15) is 23.0 Å². The lowest BCUT2D eigenvalue weighted by Gasteiger charge is -2.27. The number of ether oxygens (including phenoxy) is 2. The topological polar surface area (TPSA) is 58.9 Å². The van der Waals surface area contributed by atoms with Crippen molar-refractivity contribution in [2.75, 3.05) is 13.2 Å². The molecule has 4 heteroatoms. The minimum atomic E-state index is -0.213. The molecule has 0 aliphatic rings. The molecule has 0 radical (unpaired) electrons. The Kier molecular flexibility index (Phi) is 11.5. The zero-order chi connectivity index (χ0) is 33.2. The van der Waals surface area contributed by atoms with Gasteiger partial charge in [0.2, 0.25) is 0 Å². The fraction of sp³-hybridized carbons (Fsp3) is 0.286. The quantitative estimate of drug-likeness (QED) is 0.0972. The van der Waals surface area contributed by atoms with E-state index >= 15 is 0 Å². The number of hydrogen-bond acceptors (Lipinski definition) is 4. The van der Waals surface area contributed by atoms with E-state index in [0.29, 0.717) is 37.6 Å². The van der Waals surface area contributed by atoms with Crippen LogP contribution in [-0.2, 0) is 23.7 Å². The van der Waals surface area contributed by atoms with E-state index < -0.39 is 0 Å². The highest BCUT2D eigenvalue weighted by Crippen LogP contribution is 2.36. The van der Waals surface area contributed by atoms with E-state index in [4.69, 9.17) is 9.47 Å². The first-order valence-electron chi connectivity index (χ1n) is 16.0. The summed E-state index contributed by atoms with van der Waals surface area (Å²) < 4.78 is 11.9. The molecule has 4 nitrogen and oxygen atoms in total. The summed E-state index contributed by atoms with van der Waals surface area (Å²) in [5.74, 6) is 2.31. The van der Waals surface area contributed by atoms with Crippen LogP contribution in [0.15, 0.2) is 122 Å². The van der Waals surface area contributed by atoms with E-state index in [9.17, 15) is 10.2 Å². The van der Waals surface area contributed by atoms with Crippen molar-refractivity contribution in [2.45, 2.75) is 64.2 Å². The van der Waals surface area contributed by atoms with Gasteiger partial charge in [-0.15, -0.1) is 13.2 Å². The molecule has 0 unspecified atom stereocenters. The summed E-state index contributed by atoms with van der Waals surface area (Å²) in [5, 5.41) is 20.3. The van der Waals surface area contributed by atoms with Gasteiger partial charge in [0.15, 0.2) is 0 Å². The van der Waals surface area contributed by atoms with Crippen LogP contribution in [0.3, 0.4) is 0 Å². The zero-order valence-corrected chi connectivity index (χ0v) is 27.8. The van der Waals surface area contributed by atoms with Crippen molar-refractivity contribution in [3.63, 3.8) is 0 Å². The fourth-order valence-corrected chi connectivity index (χ4v) is 5.58. The maximum Gasteiger partial charge on any atom is 0.119 e. The van der Waals surface area contributed by atoms with Crippen molar-refractivity contribution in [3.8, 4) is 23.0 Å². The Bertz CT molecular complexity index is 1500. The Hall–Kier alpha value is -4.70. The summed E-state index contributed by atoms with van der Waals surface area (Å²) in [6, 6.07) is 28.2. The number of rotatable bonds is 16. The lowest BCUT2D eigenvalue weighted by Crippen LogP contribution is -2.19. The first-order chi connectivity index (χ1) is 22.1. The van der Waals surface area contributed by atoms with E-state index in [1.807, 2.05) is 48.6 Å². The van der Waals surface area contributed by atoms with Crippen molar-refractivity contribution in [2.24, 2.45) is 0 Å². The molecule has 4 aromatic carbocycles. The number of allylic oxidation sites excluding steroid dienone is 2. The van der Waals surface area contributed by atoms with Gasteiger partial charge in [-0.2, -0.15) is 0 Å². The third-order valence-corrected chi connectivity index (χ3v) is 8.76. The molecule has 4 aromatic rings. The third kappa shape index (κ3) is 8.51. The Morgan fingerprint density at radius 2 is 0.891 bits per heavy atom. The minimum Gasteiger partial charge on any atom is -0.508 e. The molecule has 240 valence electrons. The summed E-state index contributed by atoms with van der Waals surface area (Å²) in [5.41, 5.74) is 6.01. The zero-order valence-electron chi connectivity index (χ0n) is 27.8. The molecule has 0 saturated carbocycles. The van der Waals surface area contributed by atoms with Crippen LogP contribution in [-0.4, -0.2) is 23.4 Å². The number of phenolic OH excluding ortho intramolecular Hbond substituents is 2. The molecule has 0 amide bonds. The molecule has 46 heavy (non-hydrogen) atoms. The molecular formula is C42H48O4. The molecule has 0 heterocycles. The van der Waals surface area contributed by atoms with E-state index in [0.717, 1.165) is 46.6 Å². The van der Waals surface area contributed by atoms with E-state index in [-0.39, 0.29) is 10.8 Å². The molecule has 0 aliphatic carbocycles. The van der Waals surface area contributed by atoms with Crippen LogP contribution in [0.2, 0.25) is 0 Å². The Morgan fingerprint density at radius 1 is 0.543 bits per heavy atom. The highest BCUT2D eigenvalue weighted by Gasteiger charge is 2.25. The van der Waals surface area contributed by atoms with Crippen LogP contribution in [0.25, 0.3) is 0 Å². The van der Waals surface area contributed by atoms with Crippen molar-refractivity contribution in [1.29, 1.82) is 0 Å². The van der Waals surface area contributed by atoms with Crippen LogP contribution < -0.4 is 9.47 Å². The SMILES string of the molecule is C=CCc1cc(C(C)(C)c2ccc(OCC/C=C\CCOc3ccc(C(C)(C)c4ccc(O)c(CC=C)c4)cc3)cc2)ccc1O. The summed E-state index contributed by atoms with van der Waals surface area (Å²) in [6.07, 6.45) is 10.8. The predicted octanol–water partition coefficient (Wildman–Crippen LogP) is 10.0. The smallest absolute Gasteiger partial charge is 0.119 e. The van der Waals surface area contributed by atoms with Gasteiger partial charge in [-0.05, 0) is 95.5 Å². The Balaban J connectivity index is 1.20. The maximum atomic E-state index is 10.2. The number of aromatic hydroxyl groups is 2. The van der Waals surface area contributed by atoms with Crippen LogP contribution >= 0.6 is 0 Å². The average molecular weight is 617 g/mol. The first kappa shape index (κ1) is 34.2. The second-order valence-electron chi connectivity index (χ2n) is 12.7. The van der Waals surface area contributed by atoms with Gasteiger partial charge in [-0.25, -0.2) is 0 Å². The summed E-state index contributed by atoms with van der Waals surface area (Å²) in [4.78, 5) is 0. The Labute approximate surface area is 275 Å². The van der Waals surface area contributed by atoms with Crippen LogP contribution in [0.1, 0.15) is 73.9 Å². The Morgan fingerprint density at radius 3 is 1.24 bits per heavy atom. The second kappa shape index (κ2) is 15.5. The maximum absolute atomic E-state index is 10.2. The van der Waals surface area contributed by atoms with Crippen LogP contribution in [0, 0.1) is 0 Å². The third-order valence-electron chi connectivity index (χ3n) is 8.76. The predicted molar refractivity (Wildman–Crippen MR) is 191 cm³/mol. The molecule has 0 atom stereocenters. The molecule has 4 rings (SSSR count). The van der Waals surface area contributed by atoms with E-state index in [2.05, 4.69) is 89.4 Å². The summed E-state index contributed by atoms with van der Waals surface area (Å²) in [7, 11) is 0. The van der Waals surface area contributed by atoms with Gasteiger partial charge >= 0.3 is 0 Å². The van der Waals surface area contributed by atoms with Crippen LogP contribution in [0.4, 0.5) is 0 Å². The van der Waals surface area contributed by atoms with Gasteiger partial charge in [-0.1, -0.05) is 101 Å². The summed E-state index contributed by atoms with van der Waals surface area (Å²) >= 11 is 0. The minimum absolute atomic E-state index is 0.213. The van der Waals surface area contributed by atoms with Crippen molar-refractivity contribution in [1.82, 2.24) is 0 Å². The highest BCUT2D eigenvalue weighted by molar-refractivity contribution is 5.47. The standard InChI is InChI=1S/C42H48O4/c1-7-13-31-29-35(19-25-39(31)43)41(3,4)33-15-21-37(22-16-33)45-27-11-9-10-12-28-46-38-23-17-34(18-24-38)42(5,6)36-20-26-40(44)32(30-36)14-8-2/h7-10,15-26,29-30,43-44H,1-2,11-14,27-28H2,3-6H3/b10-9-. The van der Waals surface area contributed by atoms with Crippen molar-refractivity contribution < 1.29 is 19.7 Å². The molecule has 0 spiro atoms. The average Bonchev–Trinajstić information content (AvgIpc) is 3.05. The van der Waals surface area contributed by atoms with E-state index in [1.54, 1.807) is 12.1 Å². The number of hydrogen-bond donors (Lipinski definition) is 2. The molecule has 0 bridgehead atoms. The summed E-state index contributed by atoms with van der Waals surface area (Å²) in [6.45, 7) is 17.6. The lowest BCUT2D eigenvalue weighted by molar-refractivity contribution is 0.320. The van der Waals surface area contributed by atoms with Gasteiger partial charge in [0, 0.05) is 10.8 Å². The first-order valence-corrected chi connectivity index (χ1v) is 16.0. The fourth-order valence-electron chi connectivity index (χ4n) is 5.58. The molecule has 0 aromatic heterocycles. The van der Waals surface area contributed by atoms with Gasteiger partial charge in [0.25, 0.3) is 0 Å². The van der Waals surface area contributed by atoms with Gasteiger partial charge in [-0.3, -0.25) is 0 Å². The van der Waals surface area contributed by atoms with Crippen LogP contribution in [0.5, 0.6) is 23.0 Å². The molecule has 2 N–H and O–H groups in total. The van der Waals surface area contributed by atoms with Gasteiger partial charge in [0.05, 0.1) is 13.2 Å².